The molecule has 0 amide bonds. The first-order valence-electron chi connectivity index (χ1n) is 4.45. The molecule has 0 aliphatic heterocycles. The lowest BCUT2D eigenvalue weighted by atomic mass is 10.3. The predicted molar refractivity (Wildman–Crippen MR) is 55.1 cm³/mol. The Balaban J connectivity index is 2.82. The van der Waals surface area contributed by atoms with Crippen molar-refractivity contribution in [2.75, 3.05) is 0 Å². The number of aryl methyl sites for hydroxylation is 2. The van der Waals surface area contributed by atoms with E-state index in [1.165, 1.54) is 6.07 Å². The third-order valence-corrected chi connectivity index (χ3v) is 2.59. The van der Waals surface area contributed by atoms with Gasteiger partial charge < -0.3 is 4.57 Å². The summed E-state index contributed by atoms with van der Waals surface area (Å²) in [5.41, 5.74) is 1.54. The predicted octanol–water partition coefficient (Wildman–Crippen LogP) is 3.16. The molecule has 0 N–H and O–H groups in total. The van der Waals surface area contributed by atoms with Crippen molar-refractivity contribution in [2.24, 2.45) is 0 Å². The monoisotopic (exact) mass is 212 g/mol. The average Bonchev–Trinajstić information content (AvgIpc) is 2.42. The smallest absolute Gasteiger partial charge is 0.144 e. The SMILES string of the molecule is CCn1c(C)nc2cc(Cl)c(F)cc21. The third kappa shape index (κ3) is 1.28. The van der Waals surface area contributed by atoms with Crippen LogP contribution in [0.15, 0.2) is 12.1 Å². The number of rotatable bonds is 1. The summed E-state index contributed by atoms with van der Waals surface area (Å²) in [6.45, 7) is 4.68. The molecule has 74 valence electrons. The molecule has 0 aliphatic rings. The maximum absolute atomic E-state index is 13.2. The van der Waals surface area contributed by atoms with Crippen LogP contribution in [0.5, 0.6) is 0 Å². The van der Waals surface area contributed by atoms with Crippen molar-refractivity contribution < 1.29 is 4.39 Å². The Morgan fingerprint density at radius 1 is 1.50 bits per heavy atom. The van der Waals surface area contributed by atoms with Crippen molar-refractivity contribution in [1.82, 2.24) is 9.55 Å². The van der Waals surface area contributed by atoms with E-state index in [1.54, 1.807) is 6.07 Å². The fourth-order valence-corrected chi connectivity index (χ4v) is 1.80. The third-order valence-electron chi connectivity index (χ3n) is 2.30. The van der Waals surface area contributed by atoms with Crippen molar-refractivity contribution >= 4 is 22.6 Å². The van der Waals surface area contributed by atoms with E-state index in [-0.39, 0.29) is 5.02 Å². The summed E-state index contributed by atoms with van der Waals surface area (Å²) < 4.78 is 15.2. The highest BCUT2D eigenvalue weighted by atomic mass is 35.5. The number of fused-ring (bicyclic) bond motifs is 1. The maximum atomic E-state index is 13.2. The Labute approximate surface area is 86.3 Å². The van der Waals surface area contributed by atoms with Gasteiger partial charge in [-0.3, -0.25) is 0 Å². The van der Waals surface area contributed by atoms with E-state index < -0.39 is 5.82 Å². The molecule has 0 radical (unpaired) electrons. The van der Waals surface area contributed by atoms with E-state index in [4.69, 9.17) is 11.6 Å². The van der Waals surface area contributed by atoms with E-state index >= 15 is 0 Å². The number of nitrogens with zero attached hydrogens (tertiary/aromatic N) is 2. The molecule has 14 heavy (non-hydrogen) atoms. The van der Waals surface area contributed by atoms with Crippen molar-refractivity contribution in [1.29, 1.82) is 0 Å². The van der Waals surface area contributed by atoms with Crippen molar-refractivity contribution in [3.05, 3.63) is 28.8 Å². The van der Waals surface area contributed by atoms with Crippen molar-refractivity contribution in [2.45, 2.75) is 20.4 Å². The highest BCUT2D eigenvalue weighted by Gasteiger charge is 2.09. The lowest BCUT2D eigenvalue weighted by Gasteiger charge is -2.01. The zero-order valence-electron chi connectivity index (χ0n) is 8.01. The topological polar surface area (TPSA) is 17.8 Å². The van der Waals surface area contributed by atoms with Gasteiger partial charge >= 0.3 is 0 Å². The van der Waals surface area contributed by atoms with Crippen LogP contribution >= 0.6 is 11.6 Å². The lowest BCUT2D eigenvalue weighted by molar-refractivity contribution is 0.628. The second-order valence-electron chi connectivity index (χ2n) is 3.16. The fourth-order valence-electron chi connectivity index (χ4n) is 1.64. The summed E-state index contributed by atoms with van der Waals surface area (Å²) in [5.74, 6) is 0.484. The second kappa shape index (κ2) is 3.24. The molecule has 0 saturated heterocycles. The molecule has 0 atom stereocenters. The summed E-state index contributed by atoms with van der Waals surface area (Å²) in [4.78, 5) is 4.30. The van der Waals surface area contributed by atoms with Crippen LogP contribution < -0.4 is 0 Å². The first-order valence-corrected chi connectivity index (χ1v) is 4.83. The summed E-state index contributed by atoms with van der Waals surface area (Å²) >= 11 is 5.67. The molecule has 0 bridgehead atoms. The molecule has 0 aliphatic carbocycles. The summed E-state index contributed by atoms with van der Waals surface area (Å²) in [5, 5.41) is 0.123. The van der Waals surface area contributed by atoms with Gasteiger partial charge in [0.25, 0.3) is 0 Å². The number of hydrogen-bond donors (Lipinski definition) is 0. The molecular formula is C10H10ClFN2. The molecule has 0 saturated carbocycles. The van der Waals surface area contributed by atoms with Crippen LogP contribution in [0, 0.1) is 12.7 Å². The number of benzene rings is 1. The first-order chi connectivity index (χ1) is 6.63. The minimum absolute atomic E-state index is 0.123. The zero-order chi connectivity index (χ0) is 10.3. The minimum atomic E-state index is -0.395. The summed E-state index contributed by atoms with van der Waals surface area (Å²) in [7, 11) is 0. The Hall–Kier alpha value is -1.09. The zero-order valence-corrected chi connectivity index (χ0v) is 8.77. The van der Waals surface area contributed by atoms with Crippen LogP contribution in [0.1, 0.15) is 12.7 Å². The highest BCUT2D eigenvalue weighted by molar-refractivity contribution is 6.31. The van der Waals surface area contributed by atoms with E-state index in [0.717, 1.165) is 23.4 Å². The molecule has 4 heteroatoms. The molecule has 2 rings (SSSR count). The van der Waals surface area contributed by atoms with Crippen LogP contribution in [0.4, 0.5) is 4.39 Å². The first kappa shape index (κ1) is 9.46. The average molecular weight is 213 g/mol. The lowest BCUT2D eigenvalue weighted by Crippen LogP contribution is -1.96. The van der Waals surface area contributed by atoms with Gasteiger partial charge in [0.1, 0.15) is 11.6 Å². The number of imidazole rings is 1. The molecule has 1 aromatic carbocycles. The number of hydrogen-bond acceptors (Lipinski definition) is 1. The Morgan fingerprint density at radius 3 is 2.86 bits per heavy atom. The molecular weight excluding hydrogens is 203 g/mol. The highest BCUT2D eigenvalue weighted by Crippen LogP contribution is 2.23. The van der Waals surface area contributed by atoms with Crippen LogP contribution in [-0.2, 0) is 6.54 Å². The Bertz CT molecular complexity index is 490. The van der Waals surface area contributed by atoms with Crippen molar-refractivity contribution in [3.8, 4) is 0 Å². The van der Waals surface area contributed by atoms with E-state index in [9.17, 15) is 4.39 Å². The van der Waals surface area contributed by atoms with Gasteiger partial charge in [0, 0.05) is 12.6 Å². The van der Waals surface area contributed by atoms with Gasteiger partial charge in [-0.25, -0.2) is 9.37 Å². The van der Waals surface area contributed by atoms with Crippen LogP contribution in [0.2, 0.25) is 5.02 Å². The molecule has 0 fully saturated rings. The quantitative estimate of drug-likeness (QED) is 0.710. The fraction of sp³-hybridized carbons (Fsp3) is 0.300. The van der Waals surface area contributed by atoms with Crippen LogP contribution in [0.3, 0.4) is 0 Å². The number of aromatic nitrogens is 2. The van der Waals surface area contributed by atoms with Crippen LogP contribution in [-0.4, -0.2) is 9.55 Å². The van der Waals surface area contributed by atoms with Gasteiger partial charge in [-0.15, -0.1) is 0 Å². The van der Waals surface area contributed by atoms with Crippen molar-refractivity contribution in [3.63, 3.8) is 0 Å². The van der Waals surface area contributed by atoms with E-state index in [0.29, 0.717) is 0 Å². The Kier molecular flexibility index (Phi) is 2.19. The molecule has 0 spiro atoms. The second-order valence-corrected chi connectivity index (χ2v) is 3.57. The van der Waals surface area contributed by atoms with E-state index in [1.807, 2.05) is 18.4 Å². The standard InChI is InChI=1S/C10H10ClFN2/c1-3-14-6(2)13-9-4-7(11)8(12)5-10(9)14/h4-5H,3H2,1-2H3. The van der Waals surface area contributed by atoms with Gasteiger partial charge in [0.05, 0.1) is 16.1 Å². The summed E-state index contributed by atoms with van der Waals surface area (Å²) in [6.07, 6.45) is 0. The van der Waals surface area contributed by atoms with Gasteiger partial charge in [0.15, 0.2) is 0 Å². The normalized spacial score (nSPS) is 11.1. The van der Waals surface area contributed by atoms with E-state index in [2.05, 4.69) is 4.98 Å². The molecule has 2 aromatic rings. The summed E-state index contributed by atoms with van der Waals surface area (Å²) in [6, 6.07) is 2.99. The molecule has 2 nitrogen and oxygen atoms in total. The van der Waals surface area contributed by atoms with Gasteiger partial charge in [-0.1, -0.05) is 11.6 Å². The minimum Gasteiger partial charge on any atom is -0.328 e. The maximum Gasteiger partial charge on any atom is 0.144 e. The van der Waals surface area contributed by atoms with Gasteiger partial charge in [0.2, 0.25) is 0 Å². The van der Waals surface area contributed by atoms with Gasteiger partial charge in [-0.2, -0.15) is 0 Å². The molecule has 0 unspecified atom stereocenters. The Morgan fingerprint density at radius 2 is 2.21 bits per heavy atom. The number of halogens is 2. The molecule has 1 aromatic heterocycles. The molecule has 1 heterocycles. The van der Waals surface area contributed by atoms with Gasteiger partial charge in [-0.05, 0) is 19.9 Å². The largest absolute Gasteiger partial charge is 0.328 e. The van der Waals surface area contributed by atoms with Crippen LogP contribution in [0.25, 0.3) is 11.0 Å².